The van der Waals surface area contributed by atoms with Crippen molar-refractivity contribution in [2.75, 3.05) is 14.2 Å². The van der Waals surface area contributed by atoms with Gasteiger partial charge in [0.2, 0.25) is 10.6 Å². The molecular formula is C21H14ClNO5S. The second-order valence-corrected chi connectivity index (χ2v) is 7.50. The van der Waals surface area contributed by atoms with Crippen molar-refractivity contribution in [1.29, 1.82) is 0 Å². The fraction of sp³-hybridized carbons (Fsp3) is 0.0952. The van der Waals surface area contributed by atoms with Crippen molar-refractivity contribution in [3.63, 3.8) is 0 Å². The summed E-state index contributed by atoms with van der Waals surface area (Å²) in [4.78, 5) is 29.7. The van der Waals surface area contributed by atoms with Gasteiger partial charge in [-0.25, -0.2) is 9.79 Å². The van der Waals surface area contributed by atoms with Gasteiger partial charge in [-0.2, -0.15) is 0 Å². The summed E-state index contributed by atoms with van der Waals surface area (Å²) in [7, 11) is 2.99. The first-order chi connectivity index (χ1) is 14.0. The van der Waals surface area contributed by atoms with E-state index in [9.17, 15) is 9.59 Å². The molecule has 2 aromatic carbocycles. The van der Waals surface area contributed by atoms with Gasteiger partial charge in [0.25, 0.3) is 0 Å². The van der Waals surface area contributed by atoms with Crippen molar-refractivity contribution < 1.29 is 19.0 Å². The second kappa shape index (κ2) is 7.69. The number of methoxy groups -OCH3 is 2. The van der Waals surface area contributed by atoms with Gasteiger partial charge in [-0.1, -0.05) is 41.1 Å². The number of carbonyl (C=O) groups excluding carboxylic acids is 1. The number of hydrogen-bond acceptors (Lipinski definition) is 7. The lowest BCUT2D eigenvalue weighted by Crippen LogP contribution is -2.08. The number of esters is 1. The number of fused-ring (bicyclic) bond motifs is 1. The molecule has 0 amide bonds. The van der Waals surface area contributed by atoms with Crippen LogP contribution in [-0.2, 0) is 9.53 Å². The first kappa shape index (κ1) is 19.2. The van der Waals surface area contributed by atoms with Crippen LogP contribution in [0.5, 0.6) is 11.5 Å². The number of ether oxygens (including phenoxy) is 3. The van der Waals surface area contributed by atoms with Gasteiger partial charge in [-0.05, 0) is 41.3 Å². The zero-order chi connectivity index (χ0) is 20.5. The summed E-state index contributed by atoms with van der Waals surface area (Å²) in [5, 5.41) is 1.64. The van der Waals surface area contributed by atoms with Gasteiger partial charge >= 0.3 is 5.97 Å². The molecule has 146 valence electrons. The van der Waals surface area contributed by atoms with E-state index in [1.165, 1.54) is 14.2 Å². The number of carbonyl (C=O) groups is 1. The molecular weight excluding hydrogens is 414 g/mol. The normalized spacial score (nSPS) is 14.8. The lowest BCUT2D eigenvalue weighted by molar-refractivity contribution is -0.129. The third-order valence-corrected chi connectivity index (χ3v) is 5.43. The molecule has 0 fully saturated rings. The highest BCUT2D eigenvalue weighted by Crippen LogP contribution is 2.35. The van der Waals surface area contributed by atoms with Crippen LogP contribution in [0, 0.1) is 0 Å². The topological polar surface area (TPSA) is 74.2 Å². The molecule has 1 aromatic heterocycles. The SMILES string of the molecule is COc1ccc2cc(C3=NC(=Cc4ccc(Cl)cc4)C(=O)O3)sc(=O)c2c1OC. The van der Waals surface area contributed by atoms with E-state index in [2.05, 4.69) is 4.99 Å². The Bertz CT molecular complexity index is 1240. The van der Waals surface area contributed by atoms with Crippen molar-refractivity contribution in [1.82, 2.24) is 0 Å². The van der Waals surface area contributed by atoms with E-state index in [1.54, 1.807) is 48.5 Å². The fourth-order valence-corrected chi connectivity index (χ4v) is 3.93. The van der Waals surface area contributed by atoms with Crippen molar-refractivity contribution in [2.24, 2.45) is 4.99 Å². The Hall–Kier alpha value is -3.16. The maximum atomic E-state index is 12.8. The van der Waals surface area contributed by atoms with Crippen LogP contribution in [0.4, 0.5) is 0 Å². The van der Waals surface area contributed by atoms with E-state index in [0.29, 0.717) is 32.2 Å². The molecule has 6 nitrogen and oxygen atoms in total. The van der Waals surface area contributed by atoms with Crippen molar-refractivity contribution in [3.05, 3.63) is 73.2 Å². The van der Waals surface area contributed by atoms with Crippen molar-refractivity contribution in [3.8, 4) is 11.5 Å². The van der Waals surface area contributed by atoms with Gasteiger partial charge in [-0.3, -0.25) is 4.79 Å². The predicted octanol–water partition coefficient (Wildman–Crippen LogP) is 4.28. The summed E-state index contributed by atoms with van der Waals surface area (Å²) in [5.41, 5.74) is 0.907. The number of halogens is 1. The first-order valence-electron chi connectivity index (χ1n) is 8.47. The van der Waals surface area contributed by atoms with Crippen LogP contribution in [-0.4, -0.2) is 26.1 Å². The largest absolute Gasteiger partial charge is 0.493 e. The second-order valence-electron chi connectivity index (χ2n) is 6.05. The molecule has 0 N–H and O–H groups in total. The number of cyclic esters (lactones) is 1. The zero-order valence-electron chi connectivity index (χ0n) is 15.4. The van der Waals surface area contributed by atoms with E-state index in [0.717, 1.165) is 16.9 Å². The average Bonchev–Trinajstić information content (AvgIpc) is 3.09. The highest BCUT2D eigenvalue weighted by molar-refractivity contribution is 7.12. The fourth-order valence-electron chi connectivity index (χ4n) is 2.93. The monoisotopic (exact) mass is 427 g/mol. The number of benzene rings is 2. The standard InChI is InChI=1S/C21H14ClNO5S/c1-26-15-8-5-12-10-16(29-21(25)17(12)18(15)27-2)19-23-14(20(24)28-19)9-11-3-6-13(22)7-4-11/h3-10H,1-2H3. The molecule has 4 rings (SSSR count). The number of rotatable bonds is 4. The summed E-state index contributed by atoms with van der Waals surface area (Å²) in [5.74, 6) is 0.345. The highest BCUT2D eigenvalue weighted by Gasteiger charge is 2.26. The smallest absolute Gasteiger partial charge is 0.363 e. The zero-order valence-corrected chi connectivity index (χ0v) is 17.0. The molecule has 0 aliphatic carbocycles. The quantitative estimate of drug-likeness (QED) is 0.459. The average molecular weight is 428 g/mol. The minimum atomic E-state index is -0.581. The van der Waals surface area contributed by atoms with E-state index >= 15 is 0 Å². The lowest BCUT2D eigenvalue weighted by Gasteiger charge is -2.10. The Kier molecular flexibility index (Phi) is 5.08. The Morgan fingerprint density at radius 2 is 1.83 bits per heavy atom. The van der Waals surface area contributed by atoms with Gasteiger partial charge in [0.05, 0.1) is 24.5 Å². The molecule has 0 atom stereocenters. The predicted molar refractivity (Wildman–Crippen MR) is 113 cm³/mol. The van der Waals surface area contributed by atoms with Crippen LogP contribution < -0.4 is 14.2 Å². The Morgan fingerprint density at radius 3 is 2.52 bits per heavy atom. The summed E-state index contributed by atoms with van der Waals surface area (Å²) in [6.45, 7) is 0. The maximum Gasteiger partial charge on any atom is 0.363 e. The van der Waals surface area contributed by atoms with Gasteiger partial charge in [-0.15, -0.1) is 0 Å². The van der Waals surface area contributed by atoms with Crippen LogP contribution in [0.1, 0.15) is 10.4 Å². The van der Waals surface area contributed by atoms with Crippen LogP contribution in [0.2, 0.25) is 5.02 Å². The minimum absolute atomic E-state index is 0.0917. The van der Waals surface area contributed by atoms with Crippen LogP contribution in [0.3, 0.4) is 0 Å². The summed E-state index contributed by atoms with van der Waals surface area (Å²) in [6.07, 6.45) is 1.60. The molecule has 0 radical (unpaired) electrons. The molecule has 2 heterocycles. The molecule has 3 aromatic rings. The Balaban J connectivity index is 1.78. The van der Waals surface area contributed by atoms with E-state index < -0.39 is 5.97 Å². The van der Waals surface area contributed by atoms with Crippen LogP contribution >= 0.6 is 22.9 Å². The summed E-state index contributed by atoms with van der Waals surface area (Å²) < 4.78 is 15.7. The van der Waals surface area contributed by atoms with Gasteiger partial charge in [0, 0.05) is 5.02 Å². The number of aliphatic imine (C=N–C) groups is 1. The van der Waals surface area contributed by atoms with Crippen LogP contribution in [0.25, 0.3) is 16.8 Å². The minimum Gasteiger partial charge on any atom is -0.493 e. The van der Waals surface area contributed by atoms with Gasteiger partial charge in [0.15, 0.2) is 17.2 Å². The van der Waals surface area contributed by atoms with Crippen molar-refractivity contribution >= 4 is 51.7 Å². The molecule has 29 heavy (non-hydrogen) atoms. The van der Waals surface area contributed by atoms with Gasteiger partial charge < -0.3 is 14.2 Å². The van der Waals surface area contributed by atoms with E-state index in [4.69, 9.17) is 25.8 Å². The molecule has 1 aliphatic heterocycles. The number of hydrogen-bond donors (Lipinski definition) is 0. The molecule has 0 saturated carbocycles. The molecule has 0 unspecified atom stereocenters. The summed E-state index contributed by atoms with van der Waals surface area (Å²) >= 11 is 6.80. The molecule has 0 saturated heterocycles. The van der Waals surface area contributed by atoms with E-state index in [-0.39, 0.29) is 16.3 Å². The third-order valence-electron chi connectivity index (χ3n) is 4.28. The number of nitrogens with zero attached hydrogens (tertiary/aromatic N) is 1. The summed E-state index contributed by atoms with van der Waals surface area (Å²) in [6, 6.07) is 12.2. The lowest BCUT2D eigenvalue weighted by atomic mass is 10.1. The Labute approximate surface area is 174 Å². The van der Waals surface area contributed by atoms with Crippen molar-refractivity contribution in [2.45, 2.75) is 0 Å². The molecule has 0 bridgehead atoms. The maximum absolute atomic E-state index is 12.8. The van der Waals surface area contributed by atoms with Crippen LogP contribution in [0.15, 0.2) is 57.9 Å². The van der Waals surface area contributed by atoms with Gasteiger partial charge in [0.1, 0.15) is 0 Å². The highest BCUT2D eigenvalue weighted by atomic mass is 35.5. The molecule has 8 heteroatoms. The van der Waals surface area contributed by atoms with E-state index in [1.807, 2.05) is 0 Å². The third kappa shape index (κ3) is 3.62. The first-order valence-corrected chi connectivity index (χ1v) is 9.67. The Morgan fingerprint density at radius 1 is 1.07 bits per heavy atom. The molecule has 1 aliphatic rings. The molecule has 0 spiro atoms.